The van der Waals surface area contributed by atoms with Gasteiger partial charge in [0.05, 0.1) is 17.3 Å². The van der Waals surface area contributed by atoms with Crippen LogP contribution >= 0.6 is 11.3 Å². The second-order valence-corrected chi connectivity index (χ2v) is 10.1. The standard InChI is InChI=1S/C30H24N4O4S/c1-18-7-6-15-33-19(2)24(32-28(18)33)26(35)23-25(34(29(37)27(23)36)30-31-14-16-39-30)21-10-12-22(13-11-21)38-17-20-8-4-3-5-9-20/h3-16,25,35H,17H2,1-2H3. The van der Waals surface area contributed by atoms with Gasteiger partial charge in [-0.2, -0.15) is 0 Å². The number of benzene rings is 2. The summed E-state index contributed by atoms with van der Waals surface area (Å²) in [6.07, 6.45) is 3.42. The highest BCUT2D eigenvalue weighted by Crippen LogP contribution is 2.43. The highest BCUT2D eigenvalue weighted by molar-refractivity contribution is 7.14. The van der Waals surface area contributed by atoms with Gasteiger partial charge in [0.2, 0.25) is 0 Å². The van der Waals surface area contributed by atoms with Crippen LogP contribution in [0.4, 0.5) is 5.13 Å². The first-order valence-electron chi connectivity index (χ1n) is 12.4. The molecule has 39 heavy (non-hydrogen) atoms. The van der Waals surface area contributed by atoms with Gasteiger partial charge in [-0.3, -0.25) is 14.5 Å². The Labute approximate surface area is 228 Å². The lowest BCUT2D eigenvalue weighted by molar-refractivity contribution is -0.132. The van der Waals surface area contributed by atoms with Gasteiger partial charge >= 0.3 is 5.91 Å². The minimum Gasteiger partial charge on any atom is -0.505 e. The summed E-state index contributed by atoms with van der Waals surface area (Å²) >= 11 is 1.24. The van der Waals surface area contributed by atoms with Crippen LogP contribution < -0.4 is 9.64 Å². The molecule has 1 fully saturated rings. The van der Waals surface area contributed by atoms with Gasteiger partial charge in [-0.25, -0.2) is 9.97 Å². The minimum atomic E-state index is -0.885. The van der Waals surface area contributed by atoms with Crippen molar-refractivity contribution >= 4 is 39.6 Å². The first-order chi connectivity index (χ1) is 18.9. The molecule has 9 heteroatoms. The molecule has 8 nitrogen and oxygen atoms in total. The summed E-state index contributed by atoms with van der Waals surface area (Å²) < 4.78 is 7.78. The van der Waals surface area contributed by atoms with E-state index in [1.807, 2.05) is 66.9 Å². The maximum absolute atomic E-state index is 13.4. The Kier molecular flexibility index (Phi) is 6.20. The number of anilines is 1. The number of pyridine rings is 1. The molecule has 4 heterocycles. The maximum Gasteiger partial charge on any atom is 0.301 e. The van der Waals surface area contributed by atoms with Crippen molar-refractivity contribution in [1.29, 1.82) is 0 Å². The zero-order valence-electron chi connectivity index (χ0n) is 21.2. The Hall–Kier alpha value is -4.76. The molecule has 3 aromatic heterocycles. The molecule has 0 radical (unpaired) electrons. The van der Waals surface area contributed by atoms with E-state index < -0.39 is 17.7 Å². The summed E-state index contributed by atoms with van der Waals surface area (Å²) in [5.74, 6) is -1.22. The predicted octanol–water partition coefficient (Wildman–Crippen LogP) is 5.61. The average Bonchev–Trinajstić information content (AvgIpc) is 3.67. The number of amides is 1. The second-order valence-electron chi connectivity index (χ2n) is 9.26. The van der Waals surface area contributed by atoms with Crippen LogP contribution in [0.3, 0.4) is 0 Å². The molecule has 5 aromatic rings. The molecule has 1 aliphatic heterocycles. The van der Waals surface area contributed by atoms with Crippen LogP contribution in [0.1, 0.15) is 34.1 Å². The predicted molar refractivity (Wildman–Crippen MR) is 149 cm³/mol. The van der Waals surface area contributed by atoms with Gasteiger partial charge in [-0.05, 0) is 48.7 Å². The average molecular weight is 537 g/mol. The van der Waals surface area contributed by atoms with Crippen molar-refractivity contribution in [3.63, 3.8) is 0 Å². The lowest BCUT2D eigenvalue weighted by Gasteiger charge is -2.23. The molecule has 1 N–H and O–H groups in total. The van der Waals surface area contributed by atoms with Crippen molar-refractivity contribution in [1.82, 2.24) is 14.4 Å². The summed E-state index contributed by atoms with van der Waals surface area (Å²) in [5.41, 5.74) is 4.15. The molecule has 1 unspecified atom stereocenters. The van der Waals surface area contributed by atoms with Gasteiger partial charge in [0.25, 0.3) is 5.78 Å². The monoisotopic (exact) mass is 536 g/mol. The van der Waals surface area contributed by atoms with Crippen molar-refractivity contribution in [3.8, 4) is 5.75 Å². The number of nitrogens with zero attached hydrogens (tertiary/aromatic N) is 4. The summed E-state index contributed by atoms with van der Waals surface area (Å²) in [5, 5.41) is 13.7. The smallest absolute Gasteiger partial charge is 0.301 e. The largest absolute Gasteiger partial charge is 0.505 e. The molecule has 2 aromatic carbocycles. The Morgan fingerprint density at radius 2 is 1.79 bits per heavy atom. The number of rotatable bonds is 6. The zero-order valence-corrected chi connectivity index (χ0v) is 22.1. The number of Topliss-reactive ketones (excluding diaryl/α,β-unsaturated/α-hetero) is 1. The van der Waals surface area contributed by atoms with Crippen LogP contribution in [-0.4, -0.2) is 31.2 Å². The highest BCUT2D eigenvalue weighted by atomic mass is 32.1. The van der Waals surface area contributed by atoms with E-state index in [0.29, 0.717) is 34.4 Å². The lowest BCUT2D eigenvalue weighted by Crippen LogP contribution is -2.29. The minimum absolute atomic E-state index is 0.0303. The molecule has 0 spiro atoms. The zero-order chi connectivity index (χ0) is 27.1. The number of ether oxygens (including phenoxy) is 1. The second kappa shape index (κ2) is 9.85. The van der Waals surface area contributed by atoms with Crippen LogP contribution in [0.2, 0.25) is 0 Å². The molecule has 6 rings (SSSR count). The van der Waals surface area contributed by atoms with Gasteiger partial charge in [0, 0.05) is 17.8 Å². The summed E-state index contributed by atoms with van der Waals surface area (Å²) in [6.45, 7) is 4.15. The van der Waals surface area contributed by atoms with Gasteiger partial charge in [0.15, 0.2) is 10.9 Å². The maximum atomic E-state index is 13.4. The van der Waals surface area contributed by atoms with Crippen LogP contribution in [-0.2, 0) is 16.2 Å². The summed E-state index contributed by atoms with van der Waals surface area (Å²) in [4.78, 5) is 37.0. The third kappa shape index (κ3) is 4.26. The number of hydrogen-bond acceptors (Lipinski definition) is 7. The number of carbonyl (C=O) groups is 2. The Morgan fingerprint density at radius 3 is 2.49 bits per heavy atom. The van der Waals surface area contributed by atoms with Crippen molar-refractivity contribution in [3.05, 3.63) is 118 Å². The number of aliphatic hydroxyl groups excluding tert-OH is 1. The molecule has 1 aliphatic rings. The lowest BCUT2D eigenvalue weighted by atomic mass is 9.96. The van der Waals surface area contributed by atoms with E-state index in [9.17, 15) is 14.7 Å². The van der Waals surface area contributed by atoms with Crippen molar-refractivity contribution in [2.75, 3.05) is 4.90 Å². The molecular weight excluding hydrogens is 512 g/mol. The fourth-order valence-electron chi connectivity index (χ4n) is 4.84. The van der Waals surface area contributed by atoms with Crippen molar-refractivity contribution in [2.24, 2.45) is 0 Å². The first kappa shape index (κ1) is 24.6. The molecule has 194 valence electrons. The van der Waals surface area contributed by atoms with Crippen LogP contribution in [0.15, 0.2) is 90.1 Å². The van der Waals surface area contributed by atoms with Crippen LogP contribution in [0, 0.1) is 13.8 Å². The van der Waals surface area contributed by atoms with E-state index in [1.165, 1.54) is 16.2 Å². The van der Waals surface area contributed by atoms with E-state index in [1.54, 1.807) is 35.8 Å². The van der Waals surface area contributed by atoms with E-state index in [2.05, 4.69) is 9.97 Å². The fourth-order valence-corrected chi connectivity index (χ4v) is 5.51. The Morgan fingerprint density at radius 1 is 1.03 bits per heavy atom. The molecule has 0 bridgehead atoms. The first-order valence-corrected chi connectivity index (χ1v) is 13.2. The van der Waals surface area contributed by atoms with E-state index in [0.717, 1.165) is 11.1 Å². The summed E-state index contributed by atoms with van der Waals surface area (Å²) in [6, 6.07) is 19.9. The molecule has 1 saturated heterocycles. The Balaban J connectivity index is 1.44. The molecule has 0 saturated carbocycles. The number of aliphatic hydroxyl groups is 1. The molecule has 0 aliphatic carbocycles. The van der Waals surface area contributed by atoms with Gasteiger partial charge in [-0.1, -0.05) is 48.5 Å². The van der Waals surface area contributed by atoms with Gasteiger partial charge < -0.3 is 14.2 Å². The molecule has 1 amide bonds. The molecule has 1 atom stereocenters. The van der Waals surface area contributed by atoms with Crippen molar-refractivity contribution in [2.45, 2.75) is 26.5 Å². The fraction of sp³-hybridized carbons (Fsp3) is 0.133. The number of hydrogen-bond donors (Lipinski definition) is 1. The quantitative estimate of drug-likeness (QED) is 0.172. The third-order valence-corrected chi connectivity index (χ3v) is 7.59. The van der Waals surface area contributed by atoms with Crippen molar-refractivity contribution < 1.29 is 19.4 Å². The van der Waals surface area contributed by atoms with Crippen LogP contribution in [0.5, 0.6) is 5.75 Å². The summed E-state index contributed by atoms with van der Waals surface area (Å²) in [7, 11) is 0. The number of fused-ring (bicyclic) bond motifs is 1. The molecular formula is C30H24N4O4S. The van der Waals surface area contributed by atoms with E-state index >= 15 is 0 Å². The number of imidazole rings is 1. The highest BCUT2D eigenvalue weighted by Gasteiger charge is 2.48. The SMILES string of the molecule is Cc1cccn2c(C)c(C(O)=C3C(=O)C(=O)N(c4nccs4)C3c3ccc(OCc4ccccc4)cc3)nc12. The number of aromatic nitrogens is 3. The topological polar surface area (TPSA) is 97.0 Å². The number of thiazole rings is 1. The van der Waals surface area contributed by atoms with Gasteiger partial charge in [0.1, 0.15) is 23.7 Å². The number of ketones is 1. The number of aryl methyl sites for hydroxylation is 2. The number of carbonyl (C=O) groups excluding carboxylic acids is 2. The Bertz CT molecular complexity index is 1720. The van der Waals surface area contributed by atoms with E-state index in [4.69, 9.17) is 4.74 Å². The normalized spacial score (nSPS) is 16.8. The van der Waals surface area contributed by atoms with E-state index in [-0.39, 0.29) is 17.0 Å². The van der Waals surface area contributed by atoms with Gasteiger partial charge in [-0.15, -0.1) is 11.3 Å². The van der Waals surface area contributed by atoms with Crippen LogP contribution in [0.25, 0.3) is 11.4 Å². The third-order valence-electron chi connectivity index (χ3n) is 6.82.